The van der Waals surface area contributed by atoms with E-state index in [4.69, 9.17) is 14.2 Å². The minimum atomic E-state index is -1.35. The molecule has 0 radical (unpaired) electrons. The molecular formula is C25H36O8. The lowest BCUT2D eigenvalue weighted by molar-refractivity contribution is -0.169. The normalized spacial score (nSPS) is 20.8. The van der Waals surface area contributed by atoms with E-state index in [1.165, 1.54) is 57.6 Å². The number of ether oxygens (including phenoxy) is 3. The molecule has 3 atom stereocenters. The van der Waals surface area contributed by atoms with Crippen molar-refractivity contribution < 1.29 is 38.5 Å². The van der Waals surface area contributed by atoms with Crippen molar-refractivity contribution in [1.82, 2.24) is 0 Å². The Morgan fingerprint density at radius 3 is 2.24 bits per heavy atom. The Bertz CT molecular complexity index is 779. The predicted octanol–water partition coefficient (Wildman–Crippen LogP) is 3.52. The highest BCUT2D eigenvalue weighted by Crippen LogP contribution is 2.32. The van der Waals surface area contributed by atoms with Gasteiger partial charge in [-0.3, -0.25) is 19.2 Å². The van der Waals surface area contributed by atoms with Crippen molar-refractivity contribution in [3.05, 3.63) is 36.0 Å². The number of carbonyl (C=O) groups is 4. The first-order valence-electron chi connectivity index (χ1n) is 11.4. The second-order valence-corrected chi connectivity index (χ2v) is 8.13. The van der Waals surface area contributed by atoms with Crippen molar-refractivity contribution in [2.45, 2.75) is 90.4 Å². The zero-order chi connectivity index (χ0) is 24.9. The van der Waals surface area contributed by atoms with Crippen LogP contribution >= 0.6 is 0 Å². The molecule has 0 saturated carbocycles. The molecule has 0 spiro atoms. The Labute approximate surface area is 195 Å². The zero-order valence-electron chi connectivity index (χ0n) is 20.0. The van der Waals surface area contributed by atoms with Crippen molar-refractivity contribution in [3.8, 4) is 0 Å². The van der Waals surface area contributed by atoms with Crippen LogP contribution in [0.4, 0.5) is 0 Å². The number of aliphatic hydroxyl groups is 1. The Hall–Kier alpha value is -2.74. The largest absolute Gasteiger partial charge is 0.462 e. The molecule has 0 fully saturated rings. The first-order chi connectivity index (χ1) is 15.6. The van der Waals surface area contributed by atoms with E-state index >= 15 is 0 Å². The molecule has 0 amide bonds. The molecule has 3 unspecified atom stereocenters. The van der Waals surface area contributed by atoms with E-state index in [9.17, 15) is 24.3 Å². The number of unbranched alkanes of at least 4 members (excludes halogenated alkanes) is 5. The fraction of sp³-hybridized carbons (Fsp3) is 0.600. The van der Waals surface area contributed by atoms with E-state index in [2.05, 4.69) is 6.92 Å². The molecule has 0 aromatic heterocycles. The lowest BCUT2D eigenvalue weighted by Gasteiger charge is -2.24. The topological polar surface area (TPSA) is 116 Å². The average Bonchev–Trinajstić information content (AvgIpc) is 3.01. The summed E-state index contributed by atoms with van der Waals surface area (Å²) in [4.78, 5) is 46.5. The Balaban J connectivity index is 2.94. The number of esters is 3. The zero-order valence-corrected chi connectivity index (χ0v) is 20.0. The Morgan fingerprint density at radius 2 is 1.64 bits per heavy atom. The van der Waals surface area contributed by atoms with E-state index in [1.807, 2.05) is 0 Å². The molecule has 184 valence electrons. The van der Waals surface area contributed by atoms with Crippen LogP contribution in [0.3, 0.4) is 0 Å². The summed E-state index contributed by atoms with van der Waals surface area (Å²) >= 11 is 0. The Kier molecular flexibility index (Phi) is 12.4. The van der Waals surface area contributed by atoms with Gasteiger partial charge in [0.05, 0.1) is 0 Å². The molecule has 33 heavy (non-hydrogen) atoms. The highest BCUT2D eigenvalue weighted by atomic mass is 16.6. The van der Waals surface area contributed by atoms with Gasteiger partial charge in [-0.2, -0.15) is 0 Å². The molecule has 0 saturated heterocycles. The van der Waals surface area contributed by atoms with Crippen LogP contribution in [0.2, 0.25) is 0 Å². The average molecular weight is 465 g/mol. The van der Waals surface area contributed by atoms with Crippen LogP contribution in [0.15, 0.2) is 36.0 Å². The van der Waals surface area contributed by atoms with Crippen LogP contribution in [-0.4, -0.2) is 53.2 Å². The van der Waals surface area contributed by atoms with Crippen molar-refractivity contribution in [1.29, 1.82) is 0 Å². The summed E-state index contributed by atoms with van der Waals surface area (Å²) in [5.74, 6) is -2.15. The number of ketones is 1. The lowest BCUT2D eigenvalue weighted by Crippen LogP contribution is -2.37. The predicted molar refractivity (Wildman–Crippen MR) is 122 cm³/mol. The molecule has 1 aliphatic carbocycles. The Morgan fingerprint density at radius 1 is 1.00 bits per heavy atom. The van der Waals surface area contributed by atoms with E-state index in [1.54, 1.807) is 0 Å². The minimum Gasteiger partial charge on any atom is -0.462 e. The van der Waals surface area contributed by atoms with Crippen LogP contribution in [0, 0.1) is 0 Å². The minimum absolute atomic E-state index is 0.220. The second kappa shape index (κ2) is 14.4. The maximum absolute atomic E-state index is 12.3. The third-order valence-electron chi connectivity index (χ3n) is 5.15. The van der Waals surface area contributed by atoms with Gasteiger partial charge in [-0.05, 0) is 31.1 Å². The van der Waals surface area contributed by atoms with Gasteiger partial charge in [-0.15, -0.1) is 0 Å². The molecule has 0 bridgehead atoms. The van der Waals surface area contributed by atoms with Gasteiger partial charge in [-0.25, -0.2) is 0 Å². The summed E-state index contributed by atoms with van der Waals surface area (Å²) < 4.78 is 15.3. The van der Waals surface area contributed by atoms with Gasteiger partial charge in [0.15, 0.2) is 18.0 Å². The second-order valence-electron chi connectivity index (χ2n) is 8.13. The number of rotatable bonds is 14. The van der Waals surface area contributed by atoms with Gasteiger partial charge < -0.3 is 19.3 Å². The molecule has 0 aliphatic heterocycles. The molecule has 1 aliphatic rings. The van der Waals surface area contributed by atoms with Crippen LogP contribution in [-0.2, 0) is 33.4 Å². The van der Waals surface area contributed by atoms with Crippen molar-refractivity contribution in [2.24, 2.45) is 0 Å². The van der Waals surface area contributed by atoms with E-state index in [0.717, 1.165) is 32.1 Å². The number of hydrogen-bond acceptors (Lipinski definition) is 8. The maximum atomic E-state index is 12.3. The number of hydrogen-bond donors (Lipinski definition) is 1. The monoisotopic (exact) mass is 464 g/mol. The standard InChI is InChI=1S/C25H36O8/c1-5-6-7-8-9-10-15-25(30)16-14-22(29)21(25)12-11-13-23(32-19(3)27)24(33-20(4)28)17-31-18(2)26/h11-14,16,23-24,30H,5-10,15,17H2,1-4H3/b13-11+,21-12+. The summed E-state index contributed by atoms with van der Waals surface area (Å²) in [6.07, 6.45) is 11.9. The van der Waals surface area contributed by atoms with Gasteiger partial charge in [0.1, 0.15) is 12.2 Å². The van der Waals surface area contributed by atoms with Crippen LogP contribution in [0.25, 0.3) is 0 Å². The van der Waals surface area contributed by atoms with Crippen molar-refractivity contribution in [2.75, 3.05) is 6.61 Å². The van der Waals surface area contributed by atoms with E-state index in [0.29, 0.717) is 6.42 Å². The van der Waals surface area contributed by atoms with Gasteiger partial charge >= 0.3 is 17.9 Å². The third-order valence-corrected chi connectivity index (χ3v) is 5.15. The highest BCUT2D eigenvalue weighted by Gasteiger charge is 2.36. The maximum Gasteiger partial charge on any atom is 0.303 e. The molecule has 8 heteroatoms. The van der Waals surface area contributed by atoms with Gasteiger partial charge in [0.25, 0.3) is 0 Å². The van der Waals surface area contributed by atoms with Crippen molar-refractivity contribution in [3.63, 3.8) is 0 Å². The summed E-state index contributed by atoms with van der Waals surface area (Å²) in [6.45, 7) is 5.42. The summed E-state index contributed by atoms with van der Waals surface area (Å²) in [5, 5.41) is 11.0. The summed E-state index contributed by atoms with van der Waals surface area (Å²) in [5.41, 5.74) is -1.13. The fourth-order valence-electron chi connectivity index (χ4n) is 3.53. The van der Waals surface area contributed by atoms with Crippen LogP contribution < -0.4 is 0 Å². The van der Waals surface area contributed by atoms with Crippen LogP contribution in [0.5, 0.6) is 0 Å². The lowest BCUT2D eigenvalue weighted by atomic mass is 9.90. The van der Waals surface area contributed by atoms with Gasteiger partial charge in [0.2, 0.25) is 0 Å². The summed E-state index contributed by atoms with van der Waals surface area (Å²) in [7, 11) is 0. The van der Waals surface area contributed by atoms with Crippen LogP contribution in [0.1, 0.15) is 72.6 Å². The first-order valence-corrected chi connectivity index (χ1v) is 11.4. The SMILES string of the molecule is CCCCCCCCC1(O)C=CC(=O)/C1=C\C=C\C(OC(C)=O)C(COC(C)=O)OC(C)=O. The first kappa shape index (κ1) is 28.3. The van der Waals surface area contributed by atoms with E-state index in [-0.39, 0.29) is 18.0 Å². The van der Waals surface area contributed by atoms with Gasteiger partial charge in [0, 0.05) is 26.3 Å². The molecule has 8 nitrogen and oxygen atoms in total. The molecule has 0 heterocycles. The number of carbonyl (C=O) groups excluding carboxylic acids is 4. The van der Waals surface area contributed by atoms with Gasteiger partial charge in [-0.1, -0.05) is 51.2 Å². The molecular weight excluding hydrogens is 428 g/mol. The van der Waals surface area contributed by atoms with Crippen molar-refractivity contribution >= 4 is 23.7 Å². The summed E-state index contributed by atoms with van der Waals surface area (Å²) in [6, 6.07) is 0. The smallest absolute Gasteiger partial charge is 0.303 e. The molecule has 0 aromatic carbocycles. The third kappa shape index (κ3) is 10.6. The molecule has 0 aromatic rings. The molecule has 1 rings (SSSR count). The quantitative estimate of drug-likeness (QED) is 0.180. The number of allylic oxidation sites excluding steroid dienone is 3. The van der Waals surface area contributed by atoms with E-state index < -0.39 is 35.7 Å². The fourth-order valence-corrected chi connectivity index (χ4v) is 3.53. The molecule has 1 N–H and O–H groups in total. The highest BCUT2D eigenvalue weighted by molar-refractivity contribution is 6.09.